The molecule has 2 heterocycles. The molecule has 11 heteroatoms. The third-order valence-corrected chi connectivity index (χ3v) is 6.68. The Hall–Kier alpha value is -3.31. The highest BCUT2D eigenvalue weighted by Crippen LogP contribution is 2.18. The lowest BCUT2D eigenvalue weighted by molar-refractivity contribution is -0.134. The van der Waals surface area contributed by atoms with E-state index in [-0.39, 0.29) is 30.5 Å². The first-order valence-electron chi connectivity index (χ1n) is 9.33. The molecule has 0 unspecified atom stereocenters. The van der Waals surface area contributed by atoms with Crippen LogP contribution in [-0.2, 0) is 14.8 Å². The Morgan fingerprint density at radius 1 is 1.00 bits per heavy atom. The minimum atomic E-state index is -3.55. The maximum atomic E-state index is 12.7. The Morgan fingerprint density at radius 3 is 2.47 bits per heavy atom. The van der Waals surface area contributed by atoms with Crippen molar-refractivity contribution in [3.05, 3.63) is 60.9 Å². The first-order valence-corrected chi connectivity index (χ1v) is 10.8. The molecule has 10 nitrogen and oxygen atoms in total. The molecule has 2 aromatic carbocycles. The highest BCUT2D eigenvalue weighted by molar-refractivity contribution is 7.89. The number of benzene rings is 2. The summed E-state index contributed by atoms with van der Waals surface area (Å²) in [4.78, 5) is 14.4. The molecular formula is C19H20N6O4S. The summed E-state index contributed by atoms with van der Waals surface area (Å²) >= 11 is 0. The van der Waals surface area contributed by atoms with Crippen LogP contribution in [0.2, 0.25) is 0 Å². The maximum Gasteiger partial charge on any atom is 0.260 e. The van der Waals surface area contributed by atoms with Gasteiger partial charge in [0.05, 0.1) is 10.6 Å². The van der Waals surface area contributed by atoms with Crippen molar-refractivity contribution in [1.29, 1.82) is 0 Å². The van der Waals surface area contributed by atoms with Gasteiger partial charge in [-0.2, -0.15) is 4.31 Å². The minimum absolute atomic E-state index is 0.134. The van der Waals surface area contributed by atoms with E-state index >= 15 is 0 Å². The highest BCUT2D eigenvalue weighted by atomic mass is 32.2. The number of hydrogen-bond donors (Lipinski definition) is 0. The SMILES string of the molecule is O=C(COc1cccc(-n2cnnn2)c1)N1CCN(S(=O)(=O)c2ccccc2)CC1. The maximum absolute atomic E-state index is 12.7. The van der Waals surface area contributed by atoms with Crippen molar-refractivity contribution < 1.29 is 17.9 Å². The predicted octanol–water partition coefficient (Wildman–Crippen LogP) is 0.574. The molecule has 156 valence electrons. The van der Waals surface area contributed by atoms with Gasteiger partial charge >= 0.3 is 0 Å². The molecule has 0 aliphatic carbocycles. The van der Waals surface area contributed by atoms with Crippen LogP contribution in [0, 0.1) is 0 Å². The second-order valence-electron chi connectivity index (χ2n) is 6.64. The topological polar surface area (TPSA) is 111 Å². The fourth-order valence-corrected chi connectivity index (χ4v) is 4.59. The normalized spacial score (nSPS) is 15.1. The molecule has 1 saturated heterocycles. The molecular weight excluding hydrogens is 408 g/mol. The zero-order valence-corrected chi connectivity index (χ0v) is 16.9. The van der Waals surface area contributed by atoms with Gasteiger partial charge in [-0.3, -0.25) is 4.79 Å². The molecule has 1 aromatic heterocycles. The van der Waals surface area contributed by atoms with E-state index < -0.39 is 10.0 Å². The third kappa shape index (κ3) is 4.31. The Kier molecular flexibility index (Phi) is 5.72. The van der Waals surface area contributed by atoms with Crippen molar-refractivity contribution in [2.24, 2.45) is 0 Å². The Balaban J connectivity index is 1.31. The number of amides is 1. The quantitative estimate of drug-likeness (QED) is 0.565. The number of nitrogens with zero attached hydrogens (tertiary/aromatic N) is 6. The van der Waals surface area contributed by atoms with Gasteiger partial charge in [0, 0.05) is 32.2 Å². The highest BCUT2D eigenvalue weighted by Gasteiger charge is 2.30. The van der Waals surface area contributed by atoms with E-state index in [9.17, 15) is 13.2 Å². The molecule has 0 atom stereocenters. The van der Waals surface area contributed by atoms with E-state index in [0.717, 1.165) is 0 Å². The first kappa shape index (κ1) is 20.0. The number of rotatable bonds is 6. The zero-order chi connectivity index (χ0) is 21.0. The number of aromatic nitrogens is 4. The molecule has 30 heavy (non-hydrogen) atoms. The average molecular weight is 428 g/mol. The van der Waals surface area contributed by atoms with E-state index in [0.29, 0.717) is 24.5 Å². The lowest BCUT2D eigenvalue weighted by atomic mass is 10.3. The van der Waals surface area contributed by atoms with E-state index in [4.69, 9.17) is 4.74 Å². The summed E-state index contributed by atoms with van der Waals surface area (Å²) in [6.07, 6.45) is 1.47. The van der Waals surface area contributed by atoms with E-state index in [1.165, 1.54) is 15.3 Å². The van der Waals surface area contributed by atoms with Crippen molar-refractivity contribution in [3.63, 3.8) is 0 Å². The fraction of sp³-hybridized carbons (Fsp3) is 0.263. The van der Waals surface area contributed by atoms with Crippen LogP contribution in [-0.4, -0.2) is 76.5 Å². The third-order valence-electron chi connectivity index (χ3n) is 4.77. The Morgan fingerprint density at radius 2 is 1.77 bits per heavy atom. The monoisotopic (exact) mass is 428 g/mol. The molecule has 1 amide bonds. The number of tetrazole rings is 1. The van der Waals surface area contributed by atoms with Gasteiger partial charge in [0.1, 0.15) is 12.1 Å². The number of sulfonamides is 1. The van der Waals surface area contributed by atoms with Crippen LogP contribution >= 0.6 is 0 Å². The summed E-state index contributed by atoms with van der Waals surface area (Å²) in [6, 6.07) is 15.4. The van der Waals surface area contributed by atoms with Gasteiger partial charge in [0.25, 0.3) is 5.91 Å². The van der Waals surface area contributed by atoms with Crippen LogP contribution in [0.15, 0.2) is 65.8 Å². The summed E-state index contributed by atoms with van der Waals surface area (Å²) in [6.45, 7) is 0.998. The van der Waals surface area contributed by atoms with Gasteiger partial charge in [0.15, 0.2) is 6.61 Å². The molecule has 0 bridgehead atoms. The predicted molar refractivity (Wildman–Crippen MR) is 106 cm³/mol. The van der Waals surface area contributed by atoms with Crippen molar-refractivity contribution >= 4 is 15.9 Å². The Bertz CT molecular complexity index is 1100. The summed E-state index contributed by atoms with van der Waals surface area (Å²) in [7, 11) is -3.55. The molecule has 0 spiro atoms. The number of hydrogen-bond acceptors (Lipinski definition) is 7. The standard InChI is InChI=1S/C19H20N6O4S/c26-19(14-29-17-6-4-5-16(13-17)25-15-20-21-22-25)23-9-11-24(12-10-23)30(27,28)18-7-2-1-3-8-18/h1-8,13,15H,9-12,14H2. The fourth-order valence-electron chi connectivity index (χ4n) is 3.15. The van der Waals surface area contributed by atoms with E-state index in [1.54, 1.807) is 53.4 Å². The largest absolute Gasteiger partial charge is 0.484 e. The van der Waals surface area contributed by atoms with Crippen molar-refractivity contribution in [3.8, 4) is 11.4 Å². The molecule has 3 aromatic rings. The Labute approximate surface area is 173 Å². The summed E-state index contributed by atoms with van der Waals surface area (Å²) in [5.41, 5.74) is 0.713. The zero-order valence-electron chi connectivity index (χ0n) is 16.0. The van der Waals surface area contributed by atoms with Crippen LogP contribution < -0.4 is 4.74 Å². The summed E-state index contributed by atoms with van der Waals surface area (Å²) < 4.78 is 33.9. The molecule has 1 fully saturated rings. The van der Waals surface area contributed by atoms with Gasteiger partial charge in [-0.05, 0) is 34.7 Å². The molecule has 0 radical (unpaired) electrons. The van der Waals surface area contributed by atoms with Gasteiger partial charge in [-0.25, -0.2) is 13.1 Å². The van der Waals surface area contributed by atoms with Crippen molar-refractivity contribution in [2.45, 2.75) is 4.90 Å². The number of carbonyl (C=O) groups excluding carboxylic acids is 1. The van der Waals surface area contributed by atoms with E-state index in [1.807, 2.05) is 6.07 Å². The van der Waals surface area contributed by atoms with Crippen LogP contribution in [0.1, 0.15) is 0 Å². The number of piperazine rings is 1. The van der Waals surface area contributed by atoms with Gasteiger partial charge < -0.3 is 9.64 Å². The molecule has 0 saturated carbocycles. The van der Waals surface area contributed by atoms with Gasteiger partial charge in [0.2, 0.25) is 10.0 Å². The summed E-state index contributed by atoms with van der Waals surface area (Å²) in [5.74, 6) is 0.321. The smallest absolute Gasteiger partial charge is 0.260 e. The lowest BCUT2D eigenvalue weighted by Gasteiger charge is -2.34. The molecule has 0 N–H and O–H groups in total. The van der Waals surface area contributed by atoms with Crippen molar-refractivity contribution in [2.75, 3.05) is 32.8 Å². The van der Waals surface area contributed by atoms with Gasteiger partial charge in [-0.15, -0.1) is 5.10 Å². The van der Waals surface area contributed by atoms with Crippen LogP contribution in [0.3, 0.4) is 0 Å². The van der Waals surface area contributed by atoms with Crippen molar-refractivity contribution in [1.82, 2.24) is 29.4 Å². The second-order valence-corrected chi connectivity index (χ2v) is 8.58. The van der Waals surface area contributed by atoms with Crippen LogP contribution in [0.4, 0.5) is 0 Å². The molecule has 1 aliphatic heterocycles. The molecule has 4 rings (SSSR count). The summed E-state index contributed by atoms with van der Waals surface area (Å²) in [5, 5.41) is 11.0. The van der Waals surface area contributed by atoms with Crippen LogP contribution in [0.5, 0.6) is 5.75 Å². The van der Waals surface area contributed by atoms with Crippen LogP contribution in [0.25, 0.3) is 5.69 Å². The van der Waals surface area contributed by atoms with E-state index in [2.05, 4.69) is 15.5 Å². The number of carbonyl (C=O) groups is 1. The molecule has 1 aliphatic rings. The van der Waals surface area contributed by atoms with Gasteiger partial charge in [-0.1, -0.05) is 24.3 Å². The lowest BCUT2D eigenvalue weighted by Crippen LogP contribution is -2.51. The number of ether oxygens (including phenoxy) is 1. The minimum Gasteiger partial charge on any atom is -0.484 e. The average Bonchev–Trinajstić information content (AvgIpc) is 3.33. The first-order chi connectivity index (χ1) is 14.5. The second kappa shape index (κ2) is 8.59.